The molecule has 1 aromatic rings. The molecular weight excluding hydrogens is 322 g/mol. The predicted molar refractivity (Wildman–Crippen MR) is 106 cm³/mol. The lowest BCUT2D eigenvalue weighted by Crippen LogP contribution is -2.48. The van der Waals surface area contributed by atoms with E-state index in [4.69, 9.17) is 0 Å². The van der Waals surface area contributed by atoms with Crippen LogP contribution in [0.25, 0.3) is 0 Å². The summed E-state index contributed by atoms with van der Waals surface area (Å²) in [4.78, 5) is 12.4. The molecule has 1 aromatic carbocycles. The molecule has 1 aliphatic rings. The average Bonchev–Trinajstić information content (AvgIpc) is 3.09. The van der Waals surface area contributed by atoms with Crippen molar-refractivity contribution in [2.75, 3.05) is 6.54 Å². The number of benzene rings is 1. The predicted octanol–water partition coefficient (Wildman–Crippen LogP) is 4.27. The summed E-state index contributed by atoms with van der Waals surface area (Å²) >= 11 is 0. The van der Waals surface area contributed by atoms with E-state index in [9.17, 15) is 10.1 Å². The molecule has 0 spiro atoms. The van der Waals surface area contributed by atoms with Gasteiger partial charge in [0.1, 0.15) is 5.54 Å². The molecule has 0 radical (unpaired) electrons. The molecule has 1 fully saturated rings. The van der Waals surface area contributed by atoms with E-state index in [1.54, 1.807) is 0 Å². The van der Waals surface area contributed by atoms with E-state index in [-0.39, 0.29) is 18.5 Å². The summed E-state index contributed by atoms with van der Waals surface area (Å²) in [6.07, 6.45) is 7.10. The highest BCUT2D eigenvalue weighted by Gasteiger charge is 2.35. The Labute approximate surface area is 158 Å². The van der Waals surface area contributed by atoms with Gasteiger partial charge in [-0.3, -0.25) is 4.79 Å². The van der Waals surface area contributed by atoms with Crippen molar-refractivity contribution in [3.63, 3.8) is 0 Å². The van der Waals surface area contributed by atoms with E-state index in [1.165, 1.54) is 24.0 Å². The lowest BCUT2D eigenvalue weighted by atomic mass is 9.94. The summed E-state index contributed by atoms with van der Waals surface area (Å²) in [5.41, 5.74) is 1.93. The van der Waals surface area contributed by atoms with Gasteiger partial charge in [-0.05, 0) is 55.6 Å². The number of hydrogen-bond acceptors (Lipinski definition) is 3. The smallest absolute Gasteiger partial charge is 0.235 e. The second-order valence-electron chi connectivity index (χ2n) is 7.90. The van der Waals surface area contributed by atoms with Gasteiger partial charge in [-0.15, -0.1) is 0 Å². The summed E-state index contributed by atoms with van der Waals surface area (Å²) < 4.78 is 0. The number of aryl methyl sites for hydroxylation is 1. The van der Waals surface area contributed by atoms with Crippen molar-refractivity contribution in [3.05, 3.63) is 35.4 Å². The molecule has 0 heterocycles. The number of hydrogen-bond donors (Lipinski definition) is 2. The number of nitrogens with zero attached hydrogens (tertiary/aromatic N) is 1. The fourth-order valence-electron chi connectivity index (χ4n) is 3.77. The highest BCUT2D eigenvalue weighted by molar-refractivity contribution is 5.79. The Morgan fingerprint density at radius 1 is 1.23 bits per heavy atom. The van der Waals surface area contributed by atoms with Gasteiger partial charge in [-0.1, -0.05) is 51.5 Å². The Morgan fingerprint density at radius 3 is 2.42 bits per heavy atom. The van der Waals surface area contributed by atoms with Crippen molar-refractivity contribution in [2.45, 2.75) is 77.3 Å². The fraction of sp³-hybridized carbons (Fsp3) is 0.636. The molecule has 1 amide bonds. The van der Waals surface area contributed by atoms with Gasteiger partial charge in [0.15, 0.2) is 0 Å². The largest absolute Gasteiger partial charge is 0.337 e. The van der Waals surface area contributed by atoms with Gasteiger partial charge < -0.3 is 10.6 Å². The second-order valence-corrected chi connectivity index (χ2v) is 7.90. The van der Waals surface area contributed by atoms with Crippen LogP contribution in [0, 0.1) is 17.2 Å². The number of nitriles is 1. The summed E-state index contributed by atoms with van der Waals surface area (Å²) in [5, 5.41) is 15.8. The minimum atomic E-state index is -0.646. The van der Waals surface area contributed by atoms with Crippen molar-refractivity contribution in [1.82, 2.24) is 10.6 Å². The quantitative estimate of drug-likeness (QED) is 0.695. The zero-order valence-corrected chi connectivity index (χ0v) is 16.5. The molecule has 2 N–H and O–H groups in total. The van der Waals surface area contributed by atoms with Crippen molar-refractivity contribution in [3.8, 4) is 6.07 Å². The molecule has 0 saturated heterocycles. The van der Waals surface area contributed by atoms with Gasteiger partial charge in [0.2, 0.25) is 5.91 Å². The van der Waals surface area contributed by atoms with Gasteiger partial charge in [0.25, 0.3) is 0 Å². The van der Waals surface area contributed by atoms with Crippen molar-refractivity contribution < 1.29 is 4.79 Å². The molecule has 1 saturated carbocycles. The van der Waals surface area contributed by atoms with Crippen molar-refractivity contribution >= 4 is 5.91 Å². The normalized spacial score (nSPS) is 17.0. The Balaban J connectivity index is 1.93. The Kier molecular flexibility index (Phi) is 7.66. The van der Waals surface area contributed by atoms with Gasteiger partial charge in [-0.2, -0.15) is 5.26 Å². The molecule has 142 valence electrons. The van der Waals surface area contributed by atoms with Crippen molar-refractivity contribution in [1.29, 1.82) is 5.26 Å². The van der Waals surface area contributed by atoms with Crippen LogP contribution < -0.4 is 10.6 Å². The highest BCUT2D eigenvalue weighted by Crippen LogP contribution is 2.29. The number of unbranched alkanes of at least 4 members (excludes halogenated alkanes) is 1. The zero-order chi connectivity index (χ0) is 19.0. The first-order valence-electron chi connectivity index (χ1n) is 10.0. The topological polar surface area (TPSA) is 64.9 Å². The zero-order valence-electron chi connectivity index (χ0n) is 16.5. The highest BCUT2D eigenvalue weighted by atomic mass is 16.2. The Morgan fingerprint density at radius 2 is 1.88 bits per heavy atom. The minimum absolute atomic E-state index is 0.0846. The number of carbonyl (C=O) groups is 1. The lowest BCUT2D eigenvalue weighted by Gasteiger charge is -2.25. The summed E-state index contributed by atoms with van der Waals surface area (Å²) in [6, 6.07) is 11.2. The monoisotopic (exact) mass is 355 g/mol. The van der Waals surface area contributed by atoms with Crippen LogP contribution in [-0.2, 0) is 11.2 Å². The van der Waals surface area contributed by atoms with E-state index in [0.29, 0.717) is 5.92 Å². The van der Waals surface area contributed by atoms with Crippen LogP contribution in [0.4, 0.5) is 0 Å². The lowest BCUT2D eigenvalue weighted by molar-refractivity contribution is -0.121. The van der Waals surface area contributed by atoms with Crippen LogP contribution in [0.3, 0.4) is 0 Å². The Hall–Kier alpha value is -1.86. The van der Waals surface area contributed by atoms with E-state index in [1.807, 2.05) is 0 Å². The number of rotatable bonds is 9. The van der Waals surface area contributed by atoms with E-state index in [0.717, 1.165) is 32.1 Å². The molecule has 1 atom stereocenters. The molecule has 4 nitrogen and oxygen atoms in total. The molecule has 26 heavy (non-hydrogen) atoms. The van der Waals surface area contributed by atoms with Crippen LogP contribution >= 0.6 is 0 Å². The van der Waals surface area contributed by atoms with Crippen LogP contribution in [0.5, 0.6) is 0 Å². The summed E-state index contributed by atoms with van der Waals surface area (Å²) in [5.74, 6) is 0.291. The molecule has 2 rings (SSSR count). The maximum atomic E-state index is 12.4. The van der Waals surface area contributed by atoms with Gasteiger partial charge >= 0.3 is 0 Å². The second kappa shape index (κ2) is 9.73. The first-order valence-corrected chi connectivity index (χ1v) is 10.0. The molecule has 0 unspecified atom stereocenters. The standard InChI is InChI=1S/C22H33N3O/c1-4-5-8-18-9-11-19(12-10-18)21(17(2)3)24-15-20(26)25-22(16-23)13-6-7-14-22/h9-12,17,21,24H,4-8,13-15H2,1-3H3,(H,25,26)/t21-/m0/s1. The Bertz CT molecular complexity index is 609. The van der Waals surface area contributed by atoms with Crippen LogP contribution in [-0.4, -0.2) is 18.0 Å². The maximum absolute atomic E-state index is 12.4. The fourth-order valence-corrected chi connectivity index (χ4v) is 3.77. The SMILES string of the molecule is CCCCc1ccc([C@@H](NCC(=O)NC2(C#N)CCCC2)C(C)C)cc1. The van der Waals surface area contributed by atoms with E-state index >= 15 is 0 Å². The van der Waals surface area contributed by atoms with Crippen LogP contribution in [0.15, 0.2) is 24.3 Å². The molecule has 0 aromatic heterocycles. The molecular formula is C22H33N3O. The molecule has 0 aliphatic heterocycles. The minimum Gasteiger partial charge on any atom is -0.337 e. The van der Waals surface area contributed by atoms with E-state index in [2.05, 4.69) is 61.7 Å². The van der Waals surface area contributed by atoms with Gasteiger partial charge in [0.05, 0.1) is 12.6 Å². The van der Waals surface area contributed by atoms with Gasteiger partial charge in [-0.25, -0.2) is 0 Å². The number of nitrogens with one attached hydrogen (secondary N) is 2. The summed E-state index contributed by atoms with van der Waals surface area (Å²) in [6.45, 7) is 6.77. The van der Waals surface area contributed by atoms with Gasteiger partial charge in [0, 0.05) is 6.04 Å². The molecule has 1 aliphatic carbocycles. The molecule has 0 bridgehead atoms. The van der Waals surface area contributed by atoms with Crippen LogP contribution in [0.1, 0.15) is 76.5 Å². The first-order chi connectivity index (χ1) is 12.5. The molecule has 4 heteroatoms. The third kappa shape index (κ3) is 5.57. The maximum Gasteiger partial charge on any atom is 0.235 e. The average molecular weight is 356 g/mol. The van der Waals surface area contributed by atoms with E-state index < -0.39 is 5.54 Å². The summed E-state index contributed by atoms with van der Waals surface area (Å²) in [7, 11) is 0. The third-order valence-electron chi connectivity index (χ3n) is 5.36. The van der Waals surface area contributed by atoms with Crippen LogP contribution in [0.2, 0.25) is 0 Å². The first kappa shape index (κ1) is 20.5. The number of carbonyl (C=O) groups excluding carboxylic acids is 1. The number of amides is 1. The van der Waals surface area contributed by atoms with Crippen molar-refractivity contribution in [2.24, 2.45) is 5.92 Å². The third-order valence-corrected chi connectivity index (χ3v) is 5.36.